The topological polar surface area (TPSA) is 163 Å². The fourth-order valence-electron chi connectivity index (χ4n) is 7.48. The Morgan fingerprint density at radius 3 is 2.62 bits per heavy atom. The van der Waals surface area contributed by atoms with E-state index in [0.29, 0.717) is 42.1 Å². The first-order valence-electron chi connectivity index (χ1n) is 18.2. The van der Waals surface area contributed by atoms with Crippen LogP contribution in [0.25, 0.3) is 21.6 Å². The van der Waals surface area contributed by atoms with Gasteiger partial charge in [-0.05, 0) is 76.3 Å². The van der Waals surface area contributed by atoms with Crippen molar-refractivity contribution in [3.8, 4) is 22.2 Å². The van der Waals surface area contributed by atoms with Gasteiger partial charge in [-0.3, -0.25) is 9.59 Å². The Morgan fingerprint density at radius 1 is 1.13 bits per heavy atom. The maximum absolute atomic E-state index is 14.3. The van der Waals surface area contributed by atoms with Crippen molar-refractivity contribution in [1.29, 1.82) is 0 Å². The van der Waals surface area contributed by atoms with E-state index in [-0.39, 0.29) is 37.0 Å². The third kappa shape index (κ3) is 7.03. The normalized spacial score (nSPS) is 27.9. The maximum Gasteiger partial charge on any atom is 0.255 e. The molecule has 3 fully saturated rings. The second-order valence-corrected chi connectivity index (χ2v) is 17.8. The molecule has 2 amide bonds. The largest absolute Gasteiger partial charge is 0.859 e. The van der Waals surface area contributed by atoms with Crippen molar-refractivity contribution >= 4 is 50.0 Å². The van der Waals surface area contributed by atoms with E-state index in [0.717, 1.165) is 40.9 Å². The van der Waals surface area contributed by atoms with Gasteiger partial charge < -0.3 is 24.8 Å². The van der Waals surface area contributed by atoms with Gasteiger partial charge in [0, 0.05) is 47.8 Å². The molecular weight excluding hydrogens is 703 g/mol. The van der Waals surface area contributed by atoms with Crippen molar-refractivity contribution < 1.29 is 32.6 Å². The average Bonchev–Trinajstić information content (AvgIpc) is 3.98. The lowest BCUT2D eigenvalue weighted by Crippen LogP contribution is -2.53. The van der Waals surface area contributed by atoms with Crippen molar-refractivity contribution in [2.24, 2.45) is 22.2 Å². The molecule has 3 saturated carbocycles. The van der Waals surface area contributed by atoms with E-state index in [9.17, 15) is 23.1 Å². The lowest BCUT2D eigenvalue weighted by molar-refractivity contribution is -0.222. The average molecular weight is 749 g/mol. The molecule has 1 aromatic carbocycles. The number of nitrogens with zero attached hydrogens (tertiary/aromatic N) is 4. The molecule has 2 aromatic heterocycles. The first kappa shape index (κ1) is 36.3. The number of hydrogen-bond donors (Lipinski definition) is 1. The second-order valence-electron chi connectivity index (χ2n) is 15.0. The van der Waals surface area contributed by atoms with Gasteiger partial charge in [0.1, 0.15) is 28.3 Å². The van der Waals surface area contributed by atoms with Crippen LogP contribution in [0.15, 0.2) is 40.1 Å². The predicted octanol–water partition coefficient (Wildman–Crippen LogP) is 4.90. The fourth-order valence-corrected chi connectivity index (χ4v) is 9.70. The van der Waals surface area contributed by atoms with Crippen LogP contribution >= 0.6 is 11.3 Å². The van der Waals surface area contributed by atoms with Crippen LogP contribution < -0.4 is 19.9 Å². The SMILES string of the molecule is COc1ccc2c(O[C@@H]3C[C@H]4C(=O)N[C@]5(/C([O-])=N/S(=O)(=O)C6CC6)C[C@H]5/C=C\CCCCN(C)C(=O)[C@@H]4C3)cc(-c3nc(C(C)C)cs3)nc2c1C. The quantitative estimate of drug-likeness (QED) is 0.192. The Labute approximate surface area is 308 Å². The molecule has 12 nitrogen and oxygen atoms in total. The number of allylic oxidation sites excluding steroid dienone is 1. The summed E-state index contributed by atoms with van der Waals surface area (Å²) in [6, 6.07) is 5.65. The molecule has 4 aliphatic rings. The highest BCUT2D eigenvalue weighted by molar-refractivity contribution is 7.91. The van der Waals surface area contributed by atoms with Crippen LogP contribution in [0, 0.1) is 24.7 Å². The number of fused-ring (bicyclic) bond motifs is 3. The summed E-state index contributed by atoms with van der Waals surface area (Å²) >= 11 is 1.51. The molecule has 0 saturated heterocycles. The first-order valence-corrected chi connectivity index (χ1v) is 20.5. The van der Waals surface area contributed by atoms with Crippen molar-refractivity contribution in [2.45, 2.75) is 94.9 Å². The first-order chi connectivity index (χ1) is 24.8. The summed E-state index contributed by atoms with van der Waals surface area (Å²) in [6.45, 7) is 6.68. The van der Waals surface area contributed by atoms with Crippen molar-refractivity contribution in [2.75, 3.05) is 20.7 Å². The zero-order chi connectivity index (χ0) is 36.9. The number of aryl methyl sites for hydroxylation is 1. The van der Waals surface area contributed by atoms with Gasteiger partial charge in [-0.2, -0.15) is 4.40 Å². The third-order valence-electron chi connectivity index (χ3n) is 10.9. The van der Waals surface area contributed by atoms with Crippen LogP contribution in [0.4, 0.5) is 0 Å². The molecule has 3 aliphatic carbocycles. The summed E-state index contributed by atoms with van der Waals surface area (Å²) in [4.78, 5) is 39.8. The van der Waals surface area contributed by atoms with E-state index in [1.54, 1.807) is 19.1 Å². The van der Waals surface area contributed by atoms with Crippen molar-refractivity contribution in [1.82, 2.24) is 20.2 Å². The molecule has 0 spiro atoms. The fraction of sp³-hybridized carbons (Fsp3) is 0.553. The number of rotatable bonds is 8. The van der Waals surface area contributed by atoms with Crippen LogP contribution in [-0.2, 0) is 19.6 Å². The van der Waals surface area contributed by atoms with Gasteiger partial charge in [0.25, 0.3) is 10.0 Å². The van der Waals surface area contributed by atoms with Gasteiger partial charge in [0.05, 0.1) is 40.9 Å². The monoisotopic (exact) mass is 748 g/mol. The van der Waals surface area contributed by atoms with Crippen LogP contribution in [-0.4, -0.2) is 78.6 Å². The maximum atomic E-state index is 14.3. The molecule has 7 rings (SSSR count). The molecule has 1 N–H and O–H groups in total. The number of carbonyl (C=O) groups is 2. The Hall–Kier alpha value is -4.04. The minimum atomic E-state index is -3.95. The second kappa shape index (κ2) is 14.1. The zero-order valence-corrected chi connectivity index (χ0v) is 31.9. The Kier molecular flexibility index (Phi) is 9.83. The molecule has 3 heterocycles. The molecule has 0 radical (unpaired) electrons. The number of methoxy groups -OCH3 is 1. The van der Waals surface area contributed by atoms with Gasteiger partial charge in [-0.1, -0.05) is 26.0 Å². The van der Waals surface area contributed by atoms with Crippen LogP contribution in [0.2, 0.25) is 0 Å². The third-order valence-corrected chi connectivity index (χ3v) is 13.5. The number of carbonyl (C=O) groups excluding carboxylic acids is 2. The molecule has 0 bridgehead atoms. The van der Waals surface area contributed by atoms with E-state index >= 15 is 0 Å². The lowest BCUT2D eigenvalue weighted by Gasteiger charge is -2.29. The van der Waals surface area contributed by atoms with Crippen molar-refractivity contribution in [3.05, 3.63) is 47.0 Å². The molecule has 0 unspecified atom stereocenters. The van der Waals surface area contributed by atoms with Crippen LogP contribution in [0.5, 0.6) is 11.5 Å². The predicted molar refractivity (Wildman–Crippen MR) is 198 cm³/mol. The van der Waals surface area contributed by atoms with E-state index in [2.05, 4.69) is 23.6 Å². The van der Waals surface area contributed by atoms with Gasteiger partial charge in [-0.15, -0.1) is 11.3 Å². The standard InChI is InChI=1S/C38H47N5O7S2/c1-21(2)30-20-51-35(40-30)29-18-32(26-13-14-31(49-5)22(3)33(26)39-29)50-24-16-27-28(17-24)36(45)43(4)15-9-7-6-8-10-23-19-38(23,41-34(27)44)37(46)42-52(47,48)25-11-12-25/h8,10,13-14,18,20-21,23-25,27-28H,6-7,9,11-12,15-17,19H2,1-5H3,(H,41,44)(H,42,46)/p-1/b10-8-/t23-,24-,27-,28-,38-/m1/s1. The van der Waals surface area contributed by atoms with Gasteiger partial charge >= 0.3 is 0 Å². The van der Waals surface area contributed by atoms with Crippen LogP contribution in [0.3, 0.4) is 0 Å². The molecule has 52 heavy (non-hydrogen) atoms. The van der Waals surface area contributed by atoms with E-state index in [1.165, 1.54) is 11.3 Å². The van der Waals surface area contributed by atoms with Gasteiger partial charge in [0.2, 0.25) is 11.8 Å². The zero-order valence-electron chi connectivity index (χ0n) is 30.3. The van der Waals surface area contributed by atoms with Crippen LogP contribution in [0.1, 0.15) is 82.4 Å². The summed E-state index contributed by atoms with van der Waals surface area (Å²) in [5.41, 5.74) is 1.73. The molecule has 5 atom stereocenters. The van der Waals surface area contributed by atoms with Gasteiger partial charge in [0.15, 0.2) is 0 Å². The number of benzene rings is 1. The van der Waals surface area contributed by atoms with E-state index in [1.807, 2.05) is 42.7 Å². The minimum absolute atomic E-state index is 0.155. The number of nitrogens with one attached hydrogen (secondary N) is 1. The van der Waals surface area contributed by atoms with Crippen molar-refractivity contribution in [3.63, 3.8) is 0 Å². The Balaban J connectivity index is 1.23. The Bertz CT molecular complexity index is 2060. The summed E-state index contributed by atoms with van der Waals surface area (Å²) in [5.74, 6) is -1.85. The number of sulfonamides is 1. The Morgan fingerprint density at radius 2 is 1.90 bits per heavy atom. The summed E-state index contributed by atoms with van der Waals surface area (Å²) in [6.07, 6.45) is 7.44. The highest BCUT2D eigenvalue weighted by Gasteiger charge is 2.57. The number of pyridine rings is 1. The smallest absolute Gasteiger partial charge is 0.255 e. The summed E-state index contributed by atoms with van der Waals surface area (Å²) < 4.78 is 41.5. The minimum Gasteiger partial charge on any atom is -0.859 e. The highest BCUT2D eigenvalue weighted by atomic mass is 32.2. The molecule has 278 valence electrons. The molecule has 1 aliphatic heterocycles. The number of hydrogen-bond acceptors (Lipinski definition) is 10. The molecular formula is C38H46N5O7S2-. The molecule has 3 aromatic rings. The number of ether oxygens (including phenoxy) is 2. The summed E-state index contributed by atoms with van der Waals surface area (Å²) in [7, 11) is -0.577. The number of aromatic nitrogens is 2. The van der Waals surface area contributed by atoms with Gasteiger partial charge in [-0.25, -0.2) is 18.4 Å². The number of thiazole rings is 1. The highest BCUT2D eigenvalue weighted by Crippen LogP contribution is 2.47. The van der Waals surface area contributed by atoms with E-state index < -0.39 is 50.6 Å². The molecule has 14 heteroatoms. The van der Waals surface area contributed by atoms with E-state index in [4.69, 9.17) is 19.4 Å². The summed E-state index contributed by atoms with van der Waals surface area (Å²) in [5, 5.41) is 19.4. The number of amides is 2. The lowest BCUT2D eigenvalue weighted by atomic mass is 9.93.